The summed E-state index contributed by atoms with van der Waals surface area (Å²) >= 11 is 0. The Labute approximate surface area is 175 Å². The Morgan fingerprint density at radius 2 is 1.34 bits per heavy atom. The van der Waals surface area contributed by atoms with Crippen molar-refractivity contribution in [2.45, 2.75) is 96.8 Å². The minimum absolute atomic E-state index is 0.100. The second-order valence-electron chi connectivity index (χ2n) is 8.01. The van der Waals surface area contributed by atoms with Gasteiger partial charge in [-0.15, -0.1) is 0 Å². The van der Waals surface area contributed by atoms with Gasteiger partial charge < -0.3 is 14.3 Å². The Kier molecular flexibility index (Phi) is 11.3. The van der Waals surface area contributed by atoms with Gasteiger partial charge >= 0.3 is 5.97 Å². The Bertz CT molecular complexity index is 704. The summed E-state index contributed by atoms with van der Waals surface area (Å²) in [5, 5.41) is 10.1. The molecule has 1 heterocycles. The summed E-state index contributed by atoms with van der Waals surface area (Å²) < 4.78 is 11.2. The molecule has 1 N–H and O–H groups in total. The van der Waals surface area contributed by atoms with Crippen molar-refractivity contribution >= 4 is 16.9 Å². The van der Waals surface area contributed by atoms with Crippen LogP contribution in [-0.2, 0) is 0 Å². The van der Waals surface area contributed by atoms with Gasteiger partial charge in [-0.05, 0) is 18.6 Å². The number of aromatic carboxylic acids is 1. The van der Waals surface area contributed by atoms with Gasteiger partial charge in [0.25, 0.3) is 5.76 Å². The van der Waals surface area contributed by atoms with Gasteiger partial charge in [0.1, 0.15) is 5.58 Å². The number of rotatable bonds is 17. The molecular formula is C25H38O4. The van der Waals surface area contributed by atoms with Crippen LogP contribution in [0.5, 0.6) is 5.75 Å². The van der Waals surface area contributed by atoms with Crippen LogP contribution in [0, 0.1) is 0 Å². The van der Waals surface area contributed by atoms with Gasteiger partial charge in [-0.25, -0.2) is 4.79 Å². The molecule has 0 aliphatic rings. The van der Waals surface area contributed by atoms with E-state index in [0.29, 0.717) is 17.9 Å². The highest BCUT2D eigenvalue weighted by molar-refractivity contribution is 5.97. The minimum atomic E-state index is -1.09. The number of benzene rings is 1. The smallest absolute Gasteiger partial charge is 0.375 e. The zero-order chi connectivity index (χ0) is 20.7. The summed E-state index contributed by atoms with van der Waals surface area (Å²) in [5.41, 5.74) is 0.556. The fourth-order valence-corrected chi connectivity index (χ4v) is 3.78. The Balaban J connectivity index is 1.49. The summed E-state index contributed by atoms with van der Waals surface area (Å²) in [6, 6.07) is 7.30. The molecule has 4 nitrogen and oxygen atoms in total. The van der Waals surface area contributed by atoms with Crippen molar-refractivity contribution in [2.75, 3.05) is 6.61 Å². The van der Waals surface area contributed by atoms with E-state index >= 15 is 0 Å². The SMILES string of the molecule is CCCCCCCCCCCCCCCCOc1c(C(=O)O)oc2ccccc12. The van der Waals surface area contributed by atoms with Crippen molar-refractivity contribution in [3.63, 3.8) is 0 Å². The second-order valence-corrected chi connectivity index (χ2v) is 8.01. The highest BCUT2D eigenvalue weighted by Crippen LogP contribution is 2.33. The van der Waals surface area contributed by atoms with Crippen LogP contribution in [0.4, 0.5) is 0 Å². The number of carboxylic acid groups (broad SMARTS) is 1. The maximum Gasteiger partial charge on any atom is 0.375 e. The monoisotopic (exact) mass is 402 g/mol. The van der Waals surface area contributed by atoms with Crippen molar-refractivity contribution < 1.29 is 19.1 Å². The molecular weight excluding hydrogens is 364 g/mol. The Hall–Kier alpha value is -1.97. The fraction of sp³-hybridized carbons (Fsp3) is 0.640. The van der Waals surface area contributed by atoms with E-state index in [1.54, 1.807) is 6.07 Å². The van der Waals surface area contributed by atoms with Gasteiger partial charge in [0.2, 0.25) is 0 Å². The van der Waals surface area contributed by atoms with Gasteiger partial charge in [0.05, 0.1) is 12.0 Å². The summed E-state index contributed by atoms with van der Waals surface area (Å²) in [5.74, 6) is -0.823. The minimum Gasteiger partial charge on any atom is -0.489 e. The van der Waals surface area contributed by atoms with Gasteiger partial charge in [-0.2, -0.15) is 0 Å². The van der Waals surface area contributed by atoms with Crippen molar-refractivity contribution in [3.8, 4) is 5.75 Å². The third kappa shape index (κ3) is 8.51. The van der Waals surface area contributed by atoms with Crippen molar-refractivity contribution in [2.24, 2.45) is 0 Å². The molecule has 0 fully saturated rings. The summed E-state index contributed by atoms with van der Waals surface area (Å²) in [7, 11) is 0. The zero-order valence-electron chi connectivity index (χ0n) is 18.1. The number of carbonyl (C=O) groups is 1. The van der Waals surface area contributed by atoms with Crippen molar-refractivity contribution in [1.82, 2.24) is 0 Å². The maximum atomic E-state index is 11.4. The number of furan rings is 1. The molecule has 29 heavy (non-hydrogen) atoms. The predicted molar refractivity (Wildman–Crippen MR) is 119 cm³/mol. The molecule has 0 saturated heterocycles. The molecule has 1 aromatic carbocycles. The average molecular weight is 403 g/mol. The molecule has 162 valence electrons. The molecule has 0 amide bonds. The first-order valence-corrected chi connectivity index (χ1v) is 11.6. The number of carboxylic acids is 1. The lowest BCUT2D eigenvalue weighted by molar-refractivity contribution is 0.0658. The summed E-state index contributed by atoms with van der Waals surface area (Å²) in [6.07, 6.45) is 18.4. The van der Waals surface area contributed by atoms with E-state index in [1.807, 2.05) is 18.2 Å². The number of hydrogen-bond acceptors (Lipinski definition) is 3. The van der Waals surface area contributed by atoms with E-state index < -0.39 is 5.97 Å². The zero-order valence-corrected chi connectivity index (χ0v) is 18.1. The van der Waals surface area contributed by atoms with Crippen LogP contribution in [0.3, 0.4) is 0 Å². The third-order valence-corrected chi connectivity index (χ3v) is 5.49. The highest BCUT2D eigenvalue weighted by Gasteiger charge is 2.21. The fourth-order valence-electron chi connectivity index (χ4n) is 3.78. The molecule has 1 aromatic heterocycles. The van der Waals surface area contributed by atoms with Gasteiger partial charge in [0.15, 0.2) is 5.75 Å². The summed E-state index contributed by atoms with van der Waals surface area (Å²) in [6.45, 7) is 2.80. The van der Waals surface area contributed by atoms with E-state index in [-0.39, 0.29) is 5.76 Å². The highest BCUT2D eigenvalue weighted by atomic mass is 16.5. The quantitative estimate of drug-likeness (QED) is 0.272. The van der Waals surface area contributed by atoms with E-state index in [0.717, 1.165) is 18.2 Å². The lowest BCUT2D eigenvalue weighted by atomic mass is 10.0. The third-order valence-electron chi connectivity index (χ3n) is 5.49. The predicted octanol–water partition coefficient (Wildman–Crippen LogP) is 7.99. The molecule has 0 aliphatic heterocycles. The van der Waals surface area contributed by atoms with Crippen LogP contribution in [-0.4, -0.2) is 17.7 Å². The molecule has 0 saturated carbocycles. The van der Waals surface area contributed by atoms with E-state index in [9.17, 15) is 9.90 Å². The Morgan fingerprint density at radius 1 is 0.828 bits per heavy atom. The number of ether oxygens (including phenoxy) is 1. The molecule has 4 heteroatoms. The van der Waals surface area contributed by atoms with Gasteiger partial charge in [-0.3, -0.25) is 0 Å². The maximum absolute atomic E-state index is 11.4. The molecule has 2 rings (SSSR count). The molecule has 0 spiro atoms. The molecule has 0 radical (unpaired) electrons. The van der Waals surface area contributed by atoms with Crippen LogP contribution in [0.1, 0.15) is 107 Å². The van der Waals surface area contributed by atoms with Crippen LogP contribution < -0.4 is 4.74 Å². The number of unbranched alkanes of at least 4 members (excludes halogenated alkanes) is 13. The number of para-hydroxylation sites is 1. The van der Waals surface area contributed by atoms with Crippen LogP contribution in [0.2, 0.25) is 0 Å². The average Bonchev–Trinajstić information content (AvgIpc) is 3.10. The molecule has 0 atom stereocenters. The molecule has 0 bridgehead atoms. The summed E-state index contributed by atoms with van der Waals surface area (Å²) in [4.78, 5) is 11.4. The van der Waals surface area contributed by atoms with Crippen LogP contribution in [0.25, 0.3) is 11.0 Å². The van der Waals surface area contributed by atoms with Gasteiger partial charge in [0, 0.05) is 0 Å². The molecule has 0 aliphatic carbocycles. The largest absolute Gasteiger partial charge is 0.489 e. The number of fused-ring (bicyclic) bond motifs is 1. The first-order valence-electron chi connectivity index (χ1n) is 11.6. The lowest BCUT2D eigenvalue weighted by Crippen LogP contribution is -2.02. The van der Waals surface area contributed by atoms with E-state index in [4.69, 9.17) is 9.15 Å². The molecule has 2 aromatic rings. The van der Waals surface area contributed by atoms with Gasteiger partial charge in [-0.1, -0.05) is 103 Å². The standard InChI is InChI=1S/C25H38O4/c1-2-3-4-5-6-7-8-9-10-11-12-13-14-17-20-28-23-21-18-15-16-19-22(21)29-24(23)25(26)27/h15-16,18-19H,2-14,17,20H2,1H3,(H,26,27). The topological polar surface area (TPSA) is 59.7 Å². The van der Waals surface area contributed by atoms with Crippen molar-refractivity contribution in [1.29, 1.82) is 0 Å². The lowest BCUT2D eigenvalue weighted by Gasteiger charge is -2.06. The molecule has 0 unspecified atom stereocenters. The van der Waals surface area contributed by atoms with E-state index in [1.165, 1.54) is 77.0 Å². The first-order chi connectivity index (χ1) is 14.2. The van der Waals surface area contributed by atoms with E-state index in [2.05, 4.69) is 6.92 Å². The first kappa shape index (κ1) is 23.3. The van der Waals surface area contributed by atoms with Crippen molar-refractivity contribution in [3.05, 3.63) is 30.0 Å². The number of hydrogen-bond donors (Lipinski definition) is 1. The second kappa shape index (κ2) is 14.1. The Morgan fingerprint density at radius 3 is 1.90 bits per heavy atom. The normalized spacial score (nSPS) is 11.2. The van der Waals surface area contributed by atoms with Crippen LogP contribution in [0.15, 0.2) is 28.7 Å². The van der Waals surface area contributed by atoms with Crippen LogP contribution >= 0.6 is 0 Å².